The van der Waals surface area contributed by atoms with Gasteiger partial charge >= 0.3 is 0 Å². The predicted octanol–water partition coefficient (Wildman–Crippen LogP) is 15.5. The minimum atomic E-state index is -0.195. The summed E-state index contributed by atoms with van der Waals surface area (Å²) in [7, 11) is 0. The molecule has 0 fully saturated rings. The first-order chi connectivity index (χ1) is 27.5. The maximum absolute atomic E-state index is 6.41. The lowest BCUT2D eigenvalue weighted by Crippen LogP contribution is -2.15. The second-order valence-corrected chi connectivity index (χ2v) is 16.0. The first-order valence-corrected chi connectivity index (χ1v) is 19.6. The van der Waals surface area contributed by atoms with E-state index in [4.69, 9.17) is 4.42 Å². The Bertz CT molecular complexity index is 3380. The molecule has 11 aromatic rings. The smallest absolute Gasteiger partial charge is 0.136 e. The lowest BCUT2D eigenvalue weighted by Gasteiger charge is -2.24. The van der Waals surface area contributed by atoms with E-state index in [2.05, 4.69) is 196 Å². The Kier molecular flexibility index (Phi) is 6.46. The molecule has 1 aromatic heterocycles. The van der Waals surface area contributed by atoms with E-state index in [-0.39, 0.29) is 5.41 Å². The maximum atomic E-state index is 6.41. The lowest BCUT2D eigenvalue weighted by molar-refractivity contribution is 0.665. The van der Waals surface area contributed by atoms with Gasteiger partial charge in [0, 0.05) is 16.2 Å². The number of furan rings is 1. The van der Waals surface area contributed by atoms with Crippen LogP contribution in [0.25, 0.3) is 110 Å². The average molecular weight is 713 g/mol. The van der Waals surface area contributed by atoms with Crippen LogP contribution in [0.15, 0.2) is 186 Å². The highest BCUT2D eigenvalue weighted by Crippen LogP contribution is 2.55. The molecule has 0 radical (unpaired) electrons. The molecule has 0 N–H and O–H groups in total. The second-order valence-electron chi connectivity index (χ2n) is 16.0. The van der Waals surface area contributed by atoms with Gasteiger partial charge in [-0.3, -0.25) is 0 Å². The Morgan fingerprint density at radius 3 is 1.62 bits per heavy atom. The zero-order valence-corrected chi connectivity index (χ0v) is 31.2. The summed E-state index contributed by atoms with van der Waals surface area (Å²) in [6.45, 7) is 4.79. The van der Waals surface area contributed by atoms with Crippen LogP contribution in [0.4, 0.5) is 0 Å². The van der Waals surface area contributed by atoms with E-state index < -0.39 is 0 Å². The van der Waals surface area contributed by atoms with Crippen LogP contribution in [0.3, 0.4) is 0 Å². The van der Waals surface area contributed by atoms with Crippen LogP contribution in [0.1, 0.15) is 25.0 Å². The van der Waals surface area contributed by atoms with Crippen LogP contribution in [0.2, 0.25) is 0 Å². The molecule has 0 atom stereocenters. The minimum absolute atomic E-state index is 0.195. The summed E-state index contributed by atoms with van der Waals surface area (Å²) in [6, 6.07) is 67.2. The van der Waals surface area contributed by atoms with E-state index in [0.717, 1.165) is 11.2 Å². The zero-order valence-electron chi connectivity index (χ0n) is 31.2. The van der Waals surface area contributed by atoms with Crippen LogP contribution in [0, 0.1) is 0 Å². The Morgan fingerprint density at radius 1 is 0.357 bits per heavy atom. The van der Waals surface area contributed by atoms with Gasteiger partial charge in [0.2, 0.25) is 0 Å². The van der Waals surface area contributed by atoms with Crippen molar-refractivity contribution in [2.75, 3.05) is 0 Å². The molecule has 1 heterocycles. The molecular weight excluding hydrogens is 677 g/mol. The molecule has 0 saturated heterocycles. The number of benzene rings is 10. The van der Waals surface area contributed by atoms with E-state index in [1.165, 1.54) is 109 Å². The normalized spacial score (nSPS) is 13.3. The molecule has 1 heteroatoms. The van der Waals surface area contributed by atoms with E-state index >= 15 is 0 Å². The highest BCUT2D eigenvalue weighted by atomic mass is 16.3. The van der Waals surface area contributed by atoms with Crippen molar-refractivity contribution in [3.05, 3.63) is 193 Å². The maximum Gasteiger partial charge on any atom is 0.136 e. The van der Waals surface area contributed by atoms with Crippen molar-refractivity contribution in [1.82, 2.24) is 0 Å². The van der Waals surface area contributed by atoms with Gasteiger partial charge in [-0.1, -0.05) is 166 Å². The van der Waals surface area contributed by atoms with E-state index in [0.29, 0.717) is 0 Å². The predicted molar refractivity (Wildman–Crippen MR) is 238 cm³/mol. The first-order valence-electron chi connectivity index (χ1n) is 19.6. The van der Waals surface area contributed by atoms with Crippen LogP contribution >= 0.6 is 0 Å². The van der Waals surface area contributed by atoms with Gasteiger partial charge in [0.1, 0.15) is 11.2 Å². The largest absolute Gasteiger partial charge is 0.456 e. The zero-order chi connectivity index (χ0) is 37.1. The van der Waals surface area contributed by atoms with Crippen molar-refractivity contribution >= 4 is 65.0 Å². The van der Waals surface area contributed by atoms with Gasteiger partial charge in [-0.2, -0.15) is 0 Å². The van der Waals surface area contributed by atoms with Crippen molar-refractivity contribution < 1.29 is 4.42 Å². The van der Waals surface area contributed by atoms with Gasteiger partial charge in [0.15, 0.2) is 0 Å². The third kappa shape index (κ3) is 4.37. The molecule has 262 valence electrons. The quantitative estimate of drug-likeness (QED) is 0.166. The molecule has 12 rings (SSSR count). The van der Waals surface area contributed by atoms with E-state index in [9.17, 15) is 0 Å². The fourth-order valence-electron chi connectivity index (χ4n) is 10.1. The van der Waals surface area contributed by atoms with Gasteiger partial charge in [-0.25, -0.2) is 0 Å². The Balaban J connectivity index is 1.09. The van der Waals surface area contributed by atoms with Gasteiger partial charge in [-0.05, 0) is 129 Å². The number of hydrogen-bond donors (Lipinski definition) is 0. The molecule has 1 aliphatic rings. The van der Waals surface area contributed by atoms with Crippen molar-refractivity contribution in [3.8, 4) is 44.5 Å². The average Bonchev–Trinajstić information content (AvgIpc) is 3.74. The van der Waals surface area contributed by atoms with Crippen LogP contribution < -0.4 is 0 Å². The fraction of sp³-hybridized carbons (Fsp3) is 0.0545. The van der Waals surface area contributed by atoms with Crippen molar-refractivity contribution in [3.63, 3.8) is 0 Å². The minimum Gasteiger partial charge on any atom is -0.456 e. The van der Waals surface area contributed by atoms with Crippen LogP contribution in [0.5, 0.6) is 0 Å². The Labute approximate surface area is 325 Å². The molecular formula is C55H36O. The molecule has 0 aliphatic heterocycles. The monoisotopic (exact) mass is 712 g/mol. The summed E-state index contributed by atoms with van der Waals surface area (Å²) in [5.74, 6) is 0. The fourth-order valence-corrected chi connectivity index (χ4v) is 10.1. The molecule has 56 heavy (non-hydrogen) atoms. The molecule has 0 bridgehead atoms. The van der Waals surface area contributed by atoms with Gasteiger partial charge in [0.25, 0.3) is 0 Å². The molecule has 0 saturated carbocycles. The summed E-state index contributed by atoms with van der Waals surface area (Å²) in [6.07, 6.45) is 0. The molecule has 1 nitrogen and oxygen atoms in total. The van der Waals surface area contributed by atoms with Crippen molar-refractivity contribution in [2.45, 2.75) is 19.3 Å². The summed E-state index contributed by atoms with van der Waals surface area (Å²) in [5, 5.41) is 12.5. The third-order valence-corrected chi connectivity index (χ3v) is 12.6. The summed E-state index contributed by atoms with van der Waals surface area (Å²) >= 11 is 0. The van der Waals surface area contributed by atoms with Crippen molar-refractivity contribution in [1.29, 1.82) is 0 Å². The topological polar surface area (TPSA) is 13.1 Å². The standard InChI is InChI=1S/C55H36O/c1-55(2)47-28-25-38(32-46(47)44-27-24-35-26-29-49-53(52(35)54(44)55)45-18-10-11-19-48(45)56-49)51-42-16-8-6-14-40(42)50(41-15-7-9-17-43(41)51)37-23-21-34-20-22-36(30-39(34)31-37)33-12-4-3-5-13-33/h3-32H,1-2H3. The van der Waals surface area contributed by atoms with Crippen LogP contribution in [-0.4, -0.2) is 0 Å². The molecule has 0 unspecified atom stereocenters. The molecule has 0 spiro atoms. The summed E-state index contributed by atoms with van der Waals surface area (Å²) in [4.78, 5) is 0. The third-order valence-electron chi connectivity index (χ3n) is 12.6. The molecule has 10 aromatic carbocycles. The Hall–Kier alpha value is -6.96. The van der Waals surface area contributed by atoms with E-state index in [1.54, 1.807) is 0 Å². The summed E-state index contributed by atoms with van der Waals surface area (Å²) in [5.41, 5.74) is 14.6. The van der Waals surface area contributed by atoms with Gasteiger partial charge < -0.3 is 4.42 Å². The highest BCUT2D eigenvalue weighted by Gasteiger charge is 2.38. The van der Waals surface area contributed by atoms with Crippen molar-refractivity contribution in [2.24, 2.45) is 0 Å². The Morgan fingerprint density at radius 2 is 0.911 bits per heavy atom. The second kappa shape index (κ2) is 11.5. The van der Waals surface area contributed by atoms with Gasteiger partial charge in [0.05, 0.1) is 0 Å². The number of para-hydroxylation sites is 1. The van der Waals surface area contributed by atoms with E-state index in [1.807, 2.05) is 0 Å². The lowest BCUT2D eigenvalue weighted by atomic mass is 9.79. The number of fused-ring (bicyclic) bond motifs is 12. The number of hydrogen-bond acceptors (Lipinski definition) is 1. The summed E-state index contributed by atoms with van der Waals surface area (Å²) < 4.78 is 6.41. The number of rotatable bonds is 3. The molecule has 1 aliphatic carbocycles. The van der Waals surface area contributed by atoms with Crippen LogP contribution in [-0.2, 0) is 5.41 Å². The first kappa shape index (κ1) is 31.4. The molecule has 0 amide bonds. The van der Waals surface area contributed by atoms with Gasteiger partial charge in [-0.15, -0.1) is 0 Å². The SMILES string of the molecule is CC1(C)c2ccc(-c3c4ccccc4c(-c4ccc5ccc(-c6ccccc6)cc5c4)c4ccccc34)cc2-c2ccc3ccc4oc5ccccc5c4c3c21. The highest BCUT2D eigenvalue weighted by molar-refractivity contribution is 6.23.